The molecule has 0 N–H and O–H groups in total. The van der Waals surface area contributed by atoms with Gasteiger partial charge in [0.2, 0.25) is 0 Å². The average Bonchev–Trinajstić information content (AvgIpc) is 2.16. The maximum Gasteiger partial charge on any atom is 0.270 e. The van der Waals surface area contributed by atoms with E-state index in [0.717, 1.165) is 0 Å². The van der Waals surface area contributed by atoms with Crippen molar-refractivity contribution in [1.82, 2.24) is 9.97 Å². The molecule has 1 heterocycles. The Hall–Kier alpha value is -1.56. The van der Waals surface area contributed by atoms with Gasteiger partial charge in [-0.25, -0.2) is 9.97 Å². The Morgan fingerprint density at radius 2 is 2.21 bits per heavy atom. The Bertz CT molecular complexity index is 515. The van der Waals surface area contributed by atoms with Gasteiger partial charge in [0.15, 0.2) is 4.73 Å². The van der Waals surface area contributed by atoms with Crippen LogP contribution in [0.2, 0.25) is 0 Å². The molecule has 0 saturated heterocycles. The van der Waals surface area contributed by atoms with Crippen LogP contribution in [0, 0.1) is 10.1 Å². The summed E-state index contributed by atoms with van der Waals surface area (Å²) >= 11 is 3.12. The van der Waals surface area contributed by atoms with Crippen LogP contribution in [0.5, 0.6) is 0 Å². The molecule has 0 amide bonds. The molecule has 1 aromatic heterocycles. The summed E-state index contributed by atoms with van der Waals surface area (Å²) in [6.45, 7) is 0. The molecule has 6 heteroatoms. The zero-order chi connectivity index (χ0) is 10.1. The molecule has 5 nitrogen and oxygen atoms in total. The first-order valence-corrected chi connectivity index (χ1v) is 4.53. The van der Waals surface area contributed by atoms with E-state index in [0.29, 0.717) is 15.6 Å². The number of benzene rings is 1. The highest BCUT2D eigenvalue weighted by Crippen LogP contribution is 2.19. The number of rotatable bonds is 1. The van der Waals surface area contributed by atoms with Crippen LogP contribution in [-0.2, 0) is 0 Å². The molecule has 0 aliphatic carbocycles. The Kier molecular flexibility index (Phi) is 2.12. The second-order valence-electron chi connectivity index (χ2n) is 2.64. The van der Waals surface area contributed by atoms with E-state index in [1.165, 1.54) is 12.1 Å². The van der Waals surface area contributed by atoms with Gasteiger partial charge in [-0.1, -0.05) is 0 Å². The number of halogens is 1. The third kappa shape index (κ3) is 1.56. The molecule has 0 atom stereocenters. The lowest BCUT2D eigenvalue weighted by molar-refractivity contribution is -0.384. The maximum absolute atomic E-state index is 10.5. The fraction of sp³-hybridized carbons (Fsp3) is 0. The van der Waals surface area contributed by atoms with Crippen molar-refractivity contribution >= 4 is 32.5 Å². The van der Waals surface area contributed by atoms with Crippen LogP contribution in [0.4, 0.5) is 5.69 Å². The molecular weight excluding hydrogens is 250 g/mol. The zero-order valence-corrected chi connectivity index (χ0v) is 8.43. The van der Waals surface area contributed by atoms with E-state index in [1.807, 2.05) is 0 Å². The average molecular weight is 254 g/mol. The maximum atomic E-state index is 10.5. The lowest BCUT2D eigenvalue weighted by atomic mass is 10.2. The Labute approximate surface area is 87.1 Å². The number of nitro groups is 1. The molecule has 1 aromatic carbocycles. The number of aromatic nitrogens is 2. The van der Waals surface area contributed by atoms with Gasteiger partial charge in [0.25, 0.3) is 5.69 Å². The van der Waals surface area contributed by atoms with E-state index in [4.69, 9.17) is 0 Å². The quantitative estimate of drug-likeness (QED) is 0.444. The molecule has 70 valence electrons. The number of nitrogens with zero attached hydrogens (tertiary/aromatic N) is 3. The third-order valence-electron chi connectivity index (χ3n) is 1.74. The van der Waals surface area contributed by atoms with Crippen molar-refractivity contribution in [2.75, 3.05) is 0 Å². The van der Waals surface area contributed by atoms with Crippen molar-refractivity contribution < 1.29 is 4.92 Å². The summed E-state index contributed by atoms with van der Waals surface area (Å²) in [5.74, 6) is 0. The molecule has 14 heavy (non-hydrogen) atoms. The normalized spacial score (nSPS) is 10.4. The molecule has 0 radical (unpaired) electrons. The zero-order valence-electron chi connectivity index (χ0n) is 6.85. The van der Waals surface area contributed by atoms with Crippen LogP contribution in [0.3, 0.4) is 0 Å². The van der Waals surface area contributed by atoms with Crippen LogP contribution in [0.1, 0.15) is 0 Å². The predicted molar refractivity (Wildman–Crippen MR) is 53.9 cm³/mol. The topological polar surface area (TPSA) is 68.9 Å². The van der Waals surface area contributed by atoms with E-state index in [1.54, 1.807) is 12.3 Å². The number of nitro benzene ring substituents is 1. The monoisotopic (exact) mass is 253 g/mol. The fourth-order valence-corrected chi connectivity index (χ4v) is 1.41. The van der Waals surface area contributed by atoms with Crippen molar-refractivity contribution in [1.29, 1.82) is 0 Å². The van der Waals surface area contributed by atoms with Crippen LogP contribution in [0.25, 0.3) is 10.9 Å². The van der Waals surface area contributed by atoms with Gasteiger partial charge in [-0.05, 0) is 22.0 Å². The molecule has 0 unspecified atom stereocenters. The van der Waals surface area contributed by atoms with E-state index in [9.17, 15) is 10.1 Å². The molecule has 0 spiro atoms. The summed E-state index contributed by atoms with van der Waals surface area (Å²) < 4.78 is 0.471. The molecule has 2 aromatic rings. The van der Waals surface area contributed by atoms with Crippen LogP contribution < -0.4 is 0 Å². The summed E-state index contributed by atoms with van der Waals surface area (Å²) in [4.78, 5) is 18.0. The summed E-state index contributed by atoms with van der Waals surface area (Å²) in [5.41, 5.74) is 0.723. The summed E-state index contributed by atoms with van der Waals surface area (Å²) in [6, 6.07) is 4.46. The second kappa shape index (κ2) is 3.30. The number of non-ortho nitro benzene ring substituents is 1. The molecular formula is C8H4BrN3O2. The number of hydrogen-bond donors (Lipinski definition) is 0. The standard InChI is InChI=1S/C8H4BrN3O2/c9-8-10-4-5-3-6(12(13)14)1-2-7(5)11-8/h1-4H. The van der Waals surface area contributed by atoms with E-state index in [-0.39, 0.29) is 5.69 Å². The minimum atomic E-state index is -0.443. The van der Waals surface area contributed by atoms with Crippen molar-refractivity contribution in [3.05, 3.63) is 39.2 Å². The highest BCUT2D eigenvalue weighted by atomic mass is 79.9. The Morgan fingerprint density at radius 1 is 1.43 bits per heavy atom. The van der Waals surface area contributed by atoms with E-state index >= 15 is 0 Å². The molecule has 0 bridgehead atoms. The number of hydrogen-bond acceptors (Lipinski definition) is 4. The molecule has 0 fully saturated rings. The summed E-state index contributed by atoms with van der Waals surface area (Å²) in [6.07, 6.45) is 1.54. The lowest BCUT2D eigenvalue weighted by Gasteiger charge is -1.96. The van der Waals surface area contributed by atoms with Gasteiger partial charge >= 0.3 is 0 Å². The van der Waals surface area contributed by atoms with Crippen LogP contribution >= 0.6 is 15.9 Å². The third-order valence-corrected chi connectivity index (χ3v) is 2.13. The van der Waals surface area contributed by atoms with Crippen LogP contribution in [0.15, 0.2) is 29.1 Å². The van der Waals surface area contributed by atoms with Crippen molar-refractivity contribution in [2.24, 2.45) is 0 Å². The molecule has 0 aliphatic heterocycles. The first-order valence-electron chi connectivity index (χ1n) is 3.73. The minimum Gasteiger partial charge on any atom is -0.258 e. The van der Waals surface area contributed by atoms with E-state index in [2.05, 4.69) is 25.9 Å². The highest BCUT2D eigenvalue weighted by Gasteiger charge is 2.06. The van der Waals surface area contributed by atoms with E-state index < -0.39 is 4.92 Å². The smallest absolute Gasteiger partial charge is 0.258 e. The second-order valence-corrected chi connectivity index (χ2v) is 3.35. The minimum absolute atomic E-state index is 0.0448. The first-order chi connectivity index (χ1) is 6.66. The van der Waals surface area contributed by atoms with Crippen molar-refractivity contribution in [3.63, 3.8) is 0 Å². The van der Waals surface area contributed by atoms with Crippen molar-refractivity contribution in [2.45, 2.75) is 0 Å². The van der Waals surface area contributed by atoms with Gasteiger partial charge < -0.3 is 0 Å². The van der Waals surface area contributed by atoms with Gasteiger partial charge in [0.1, 0.15) is 0 Å². The summed E-state index contributed by atoms with van der Waals surface area (Å²) in [7, 11) is 0. The summed E-state index contributed by atoms with van der Waals surface area (Å²) in [5, 5.41) is 11.1. The Balaban J connectivity index is 2.67. The molecule has 2 rings (SSSR count). The Morgan fingerprint density at radius 3 is 2.93 bits per heavy atom. The van der Waals surface area contributed by atoms with Crippen LogP contribution in [-0.4, -0.2) is 14.9 Å². The first kappa shape index (κ1) is 9.01. The molecule has 0 aliphatic rings. The molecule has 0 saturated carbocycles. The SMILES string of the molecule is O=[N+]([O-])c1ccc2nc(Br)ncc2c1. The van der Waals surface area contributed by atoms with Gasteiger partial charge in [-0.15, -0.1) is 0 Å². The van der Waals surface area contributed by atoms with Gasteiger partial charge in [0.05, 0.1) is 10.4 Å². The number of fused-ring (bicyclic) bond motifs is 1. The fourth-order valence-electron chi connectivity index (χ4n) is 1.11. The van der Waals surface area contributed by atoms with Crippen molar-refractivity contribution in [3.8, 4) is 0 Å². The van der Waals surface area contributed by atoms with Gasteiger partial charge in [0, 0.05) is 23.7 Å². The predicted octanol–water partition coefficient (Wildman–Crippen LogP) is 2.30. The van der Waals surface area contributed by atoms with Gasteiger partial charge in [-0.2, -0.15) is 0 Å². The highest BCUT2D eigenvalue weighted by molar-refractivity contribution is 9.10. The lowest BCUT2D eigenvalue weighted by Crippen LogP contribution is -1.89. The van der Waals surface area contributed by atoms with Gasteiger partial charge in [-0.3, -0.25) is 10.1 Å². The largest absolute Gasteiger partial charge is 0.270 e.